The summed E-state index contributed by atoms with van der Waals surface area (Å²) in [6.45, 7) is 20.1. The van der Waals surface area contributed by atoms with Gasteiger partial charge in [-0.1, -0.05) is 93.4 Å². The number of hydrogen-bond donors (Lipinski definition) is 2. The SMILES string of the molecule is CC(C)(C)c1cc(C=N[C@@H]2CCCCC2N=Cc2cc(COCCOC(=O)C3CC4C=CC3C4)cc(C(C)(C)C)c2O)c(O)c(C(C)(C)C)c1. The summed E-state index contributed by atoms with van der Waals surface area (Å²) in [6.07, 6.45) is 14.0. The summed E-state index contributed by atoms with van der Waals surface area (Å²) in [5, 5.41) is 22.7. The first-order valence-electron chi connectivity index (χ1n) is 18.6. The van der Waals surface area contributed by atoms with Gasteiger partial charge in [0.1, 0.15) is 18.1 Å². The number of aromatic hydroxyl groups is 2. The molecule has 5 rings (SSSR count). The third kappa shape index (κ3) is 9.06. The molecule has 2 aromatic carbocycles. The first-order valence-corrected chi connectivity index (χ1v) is 18.6. The largest absolute Gasteiger partial charge is 0.507 e. The predicted octanol–water partition coefficient (Wildman–Crippen LogP) is 9.11. The summed E-state index contributed by atoms with van der Waals surface area (Å²) in [4.78, 5) is 22.6. The first kappa shape index (κ1) is 37.8. The van der Waals surface area contributed by atoms with E-state index in [1.54, 1.807) is 6.21 Å². The molecule has 0 amide bonds. The number of carbonyl (C=O) groups excluding carboxylic acids is 1. The molecule has 2 N–H and O–H groups in total. The number of fused-ring (bicyclic) bond motifs is 2. The van der Waals surface area contributed by atoms with Gasteiger partial charge in [0.05, 0.1) is 31.2 Å². The second kappa shape index (κ2) is 15.0. The minimum Gasteiger partial charge on any atom is -0.507 e. The molecule has 2 saturated carbocycles. The average Bonchev–Trinajstić information content (AvgIpc) is 3.67. The van der Waals surface area contributed by atoms with Crippen molar-refractivity contribution in [2.75, 3.05) is 13.2 Å². The molecule has 7 heteroatoms. The number of aliphatic imine (C=N–C) groups is 2. The number of esters is 1. The van der Waals surface area contributed by atoms with Crippen LogP contribution >= 0.6 is 0 Å². The maximum absolute atomic E-state index is 12.6. The van der Waals surface area contributed by atoms with Crippen LogP contribution < -0.4 is 0 Å². The second-order valence-electron chi connectivity index (χ2n) is 17.9. The van der Waals surface area contributed by atoms with E-state index in [0.29, 0.717) is 36.4 Å². The van der Waals surface area contributed by atoms with Crippen molar-refractivity contribution in [1.29, 1.82) is 0 Å². The molecule has 0 heterocycles. The lowest BCUT2D eigenvalue weighted by atomic mass is 9.79. The van der Waals surface area contributed by atoms with Gasteiger partial charge in [-0.05, 0) is 83.1 Å². The fourth-order valence-corrected chi connectivity index (χ4v) is 7.57. The summed E-state index contributed by atoms with van der Waals surface area (Å²) in [5.74, 6) is 1.26. The molecular formula is C43H60N2O5. The summed E-state index contributed by atoms with van der Waals surface area (Å²) >= 11 is 0. The number of carbonyl (C=O) groups is 1. The van der Waals surface area contributed by atoms with Crippen LogP contribution in [0.4, 0.5) is 0 Å². The van der Waals surface area contributed by atoms with Crippen LogP contribution in [-0.4, -0.2) is 53.9 Å². The van der Waals surface area contributed by atoms with Gasteiger partial charge in [-0.25, -0.2) is 0 Å². The second-order valence-corrected chi connectivity index (χ2v) is 17.9. The molecule has 0 aliphatic heterocycles. The quantitative estimate of drug-likeness (QED) is 0.113. The molecule has 0 saturated heterocycles. The van der Waals surface area contributed by atoms with Gasteiger partial charge in [-0.15, -0.1) is 0 Å². The van der Waals surface area contributed by atoms with Crippen molar-refractivity contribution in [3.05, 3.63) is 69.8 Å². The van der Waals surface area contributed by atoms with E-state index in [9.17, 15) is 15.0 Å². The maximum atomic E-state index is 12.6. The molecule has 4 unspecified atom stereocenters. The number of phenols is 2. The predicted molar refractivity (Wildman–Crippen MR) is 203 cm³/mol. The van der Waals surface area contributed by atoms with E-state index < -0.39 is 0 Å². The van der Waals surface area contributed by atoms with Crippen molar-refractivity contribution in [2.24, 2.45) is 27.7 Å². The Labute approximate surface area is 300 Å². The van der Waals surface area contributed by atoms with Crippen LogP contribution in [0.2, 0.25) is 0 Å². The molecule has 0 aromatic heterocycles. The van der Waals surface area contributed by atoms with E-state index in [0.717, 1.165) is 60.8 Å². The summed E-state index contributed by atoms with van der Waals surface area (Å²) in [7, 11) is 0. The maximum Gasteiger partial charge on any atom is 0.309 e. The first-order chi connectivity index (χ1) is 23.4. The summed E-state index contributed by atoms with van der Waals surface area (Å²) in [6, 6.07) is 8.07. The Bertz CT molecular complexity index is 1620. The number of allylic oxidation sites excluding steroid dienone is 2. The lowest BCUT2D eigenvalue weighted by Gasteiger charge is -2.28. The molecule has 2 fully saturated rings. The Kier molecular flexibility index (Phi) is 11.4. The fraction of sp³-hybridized carbons (Fsp3) is 0.605. The van der Waals surface area contributed by atoms with Gasteiger partial charge in [0.15, 0.2) is 0 Å². The minimum atomic E-state index is -0.291. The number of hydrogen-bond acceptors (Lipinski definition) is 7. The molecule has 0 spiro atoms. The molecule has 50 heavy (non-hydrogen) atoms. The summed E-state index contributed by atoms with van der Waals surface area (Å²) < 4.78 is 11.5. The smallest absolute Gasteiger partial charge is 0.309 e. The van der Waals surface area contributed by atoms with E-state index in [1.807, 2.05) is 18.3 Å². The Morgan fingerprint density at radius 1 is 0.760 bits per heavy atom. The average molecular weight is 685 g/mol. The van der Waals surface area contributed by atoms with Crippen molar-refractivity contribution in [1.82, 2.24) is 0 Å². The number of nitrogens with zero attached hydrogens (tertiary/aromatic N) is 2. The zero-order valence-electron chi connectivity index (χ0n) is 31.9. The molecule has 0 radical (unpaired) electrons. The Balaban J connectivity index is 1.29. The van der Waals surface area contributed by atoms with E-state index >= 15 is 0 Å². The van der Waals surface area contributed by atoms with Crippen molar-refractivity contribution in [3.8, 4) is 11.5 Å². The summed E-state index contributed by atoms with van der Waals surface area (Å²) in [5.41, 5.74) is 4.69. The molecule has 3 aliphatic carbocycles. The molecule has 2 bridgehead atoms. The van der Waals surface area contributed by atoms with Crippen LogP contribution in [0.1, 0.15) is 134 Å². The molecule has 2 aromatic rings. The van der Waals surface area contributed by atoms with Crippen LogP contribution in [0.5, 0.6) is 11.5 Å². The normalized spacial score (nSPS) is 24.1. The van der Waals surface area contributed by atoms with Crippen molar-refractivity contribution < 1.29 is 24.5 Å². The Morgan fingerprint density at radius 2 is 1.34 bits per heavy atom. The monoisotopic (exact) mass is 684 g/mol. The highest BCUT2D eigenvalue weighted by molar-refractivity contribution is 5.86. The number of phenolic OH excluding ortho intramolecular Hbond substituents is 2. The third-order valence-corrected chi connectivity index (χ3v) is 10.6. The van der Waals surface area contributed by atoms with E-state index in [1.165, 1.54) is 5.56 Å². The topological polar surface area (TPSA) is 101 Å². The zero-order chi connectivity index (χ0) is 36.4. The highest BCUT2D eigenvalue weighted by Gasteiger charge is 2.40. The van der Waals surface area contributed by atoms with E-state index in [-0.39, 0.29) is 52.6 Å². The Hall–Kier alpha value is -3.45. The molecular weight excluding hydrogens is 624 g/mol. The van der Waals surface area contributed by atoms with Gasteiger partial charge in [-0.2, -0.15) is 0 Å². The molecule has 7 nitrogen and oxygen atoms in total. The lowest BCUT2D eigenvalue weighted by Crippen LogP contribution is -2.27. The van der Waals surface area contributed by atoms with Crippen LogP contribution in [0, 0.1) is 17.8 Å². The van der Waals surface area contributed by atoms with Crippen LogP contribution in [-0.2, 0) is 37.1 Å². The van der Waals surface area contributed by atoms with Crippen LogP contribution in [0.15, 0.2) is 46.4 Å². The van der Waals surface area contributed by atoms with Gasteiger partial charge in [-0.3, -0.25) is 14.8 Å². The molecule has 3 aliphatic rings. The van der Waals surface area contributed by atoms with Gasteiger partial charge in [0.25, 0.3) is 0 Å². The van der Waals surface area contributed by atoms with Gasteiger partial charge in [0, 0.05) is 34.7 Å². The van der Waals surface area contributed by atoms with Gasteiger partial charge < -0.3 is 19.7 Å². The minimum absolute atomic E-state index is 0.0131. The highest BCUT2D eigenvalue weighted by atomic mass is 16.6. The third-order valence-electron chi connectivity index (χ3n) is 10.6. The standard InChI is InChI=1S/C43H60N2O5/c1-41(2,3)32-22-31(39(47)35(23-32)43(7,8)9)25-45-37-13-11-10-12-36(37)44-24-30-19-28(21-34(38(30)46)42(4,5)6)26-49-16-17-50-40(48)33-20-27-14-15-29(33)18-27/h14-15,19,21-25,27,29,33,36-37,46-47H,10-13,16-18,20,26H2,1-9H3/t27?,29?,33?,36?,37-/m1/s1. The zero-order valence-corrected chi connectivity index (χ0v) is 31.9. The number of rotatable bonds is 10. The Morgan fingerprint density at radius 3 is 1.86 bits per heavy atom. The van der Waals surface area contributed by atoms with Gasteiger partial charge >= 0.3 is 5.97 Å². The number of ether oxygens (including phenoxy) is 2. The molecule has 272 valence electrons. The van der Waals surface area contributed by atoms with Gasteiger partial charge in [0.2, 0.25) is 0 Å². The molecule has 5 atom stereocenters. The van der Waals surface area contributed by atoms with Crippen LogP contribution in [0.3, 0.4) is 0 Å². The lowest BCUT2D eigenvalue weighted by molar-refractivity contribution is -0.151. The van der Waals surface area contributed by atoms with E-state index in [2.05, 4.69) is 86.6 Å². The number of benzene rings is 2. The van der Waals surface area contributed by atoms with E-state index in [4.69, 9.17) is 19.5 Å². The van der Waals surface area contributed by atoms with Crippen molar-refractivity contribution in [2.45, 2.75) is 136 Å². The highest BCUT2D eigenvalue weighted by Crippen LogP contribution is 2.44. The van der Waals surface area contributed by atoms with Crippen molar-refractivity contribution >= 4 is 18.4 Å². The van der Waals surface area contributed by atoms with Crippen LogP contribution in [0.25, 0.3) is 0 Å². The van der Waals surface area contributed by atoms with Crippen molar-refractivity contribution in [3.63, 3.8) is 0 Å². The fourth-order valence-electron chi connectivity index (χ4n) is 7.57.